The monoisotopic (exact) mass is 475 g/mol. The average molecular weight is 476 g/mol. The molecule has 4 rings (SSSR count). The first-order valence-corrected chi connectivity index (χ1v) is 11.9. The third-order valence-electron chi connectivity index (χ3n) is 6.81. The molecule has 0 saturated heterocycles. The number of nitriles is 1. The average Bonchev–Trinajstić information content (AvgIpc) is 3.44. The van der Waals surface area contributed by atoms with Gasteiger partial charge in [-0.3, -0.25) is 9.59 Å². The van der Waals surface area contributed by atoms with Crippen LogP contribution < -0.4 is 10.9 Å². The van der Waals surface area contributed by atoms with Crippen molar-refractivity contribution < 1.29 is 14.3 Å². The number of nitrogens with one attached hydrogen (secondary N) is 1. The van der Waals surface area contributed by atoms with Gasteiger partial charge < -0.3 is 19.2 Å². The van der Waals surface area contributed by atoms with Crippen molar-refractivity contribution in [2.75, 3.05) is 11.9 Å². The van der Waals surface area contributed by atoms with Gasteiger partial charge in [0.2, 0.25) is 0 Å². The van der Waals surface area contributed by atoms with E-state index in [9.17, 15) is 19.6 Å². The number of hydrogen-bond acceptors (Lipinski definition) is 6. The van der Waals surface area contributed by atoms with E-state index in [-0.39, 0.29) is 17.2 Å². The Hall–Kier alpha value is -3.93. The number of aryl methyl sites for hydroxylation is 2. The number of carbonyl (C=O) groups excluding carboxylic acids is 2. The number of hydrogen-bond donors (Lipinski definition) is 1. The van der Waals surface area contributed by atoms with Crippen molar-refractivity contribution in [2.24, 2.45) is 0 Å². The van der Waals surface area contributed by atoms with Crippen LogP contribution in [0.2, 0.25) is 0 Å². The second-order valence-corrected chi connectivity index (χ2v) is 8.93. The van der Waals surface area contributed by atoms with Crippen LogP contribution in [0.1, 0.15) is 71.5 Å². The van der Waals surface area contributed by atoms with E-state index in [2.05, 4.69) is 16.4 Å². The van der Waals surface area contributed by atoms with Gasteiger partial charge in [-0.2, -0.15) is 5.26 Å². The number of amides is 1. The Morgan fingerprint density at radius 2 is 1.94 bits per heavy atom. The van der Waals surface area contributed by atoms with Crippen LogP contribution in [-0.2, 0) is 16.1 Å². The molecule has 3 aromatic rings. The van der Waals surface area contributed by atoms with Gasteiger partial charge in [0.25, 0.3) is 11.5 Å². The van der Waals surface area contributed by atoms with Crippen molar-refractivity contribution in [3.8, 4) is 6.07 Å². The zero-order valence-electron chi connectivity index (χ0n) is 20.5. The Morgan fingerprint density at radius 3 is 2.60 bits per heavy atom. The Balaban J connectivity index is 1.51. The number of anilines is 1. The number of aromatic nitrogens is 3. The molecule has 1 saturated carbocycles. The molecule has 0 radical (unpaired) electrons. The molecule has 0 atom stereocenters. The van der Waals surface area contributed by atoms with Gasteiger partial charge in [0.15, 0.2) is 6.61 Å². The zero-order valence-corrected chi connectivity index (χ0v) is 20.5. The minimum atomic E-state index is -0.671. The number of rotatable bonds is 6. The summed E-state index contributed by atoms with van der Waals surface area (Å²) in [6.07, 6.45) is 4.23. The van der Waals surface area contributed by atoms with E-state index in [1.807, 2.05) is 25.3 Å². The van der Waals surface area contributed by atoms with Crippen LogP contribution in [0.25, 0.3) is 11.0 Å². The molecule has 1 fully saturated rings. The van der Waals surface area contributed by atoms with Crippen molar-refractivity contribution in [1.29, 1.82) is 5.26 Å². The summed E-state index contributed by atoms with van der Waals surface area (Å²) in [4.78, 5) is 42.0. The van der Waals surface area contributed by atoms with E-state index < -0.39 is 18.5 Å². The SMILES string of the molecule is CCn1c(=O)c(C)nc2cc(C(=O)OCC(=O)Nc3c(C#N)c(C)c(C)n3C3CCCC3)ccc21. The van der Waals surface area contributed by atoms with Gasteiger partial charge in [0.1, 0.15) is 17.6 Å². The summed E-state index contributed by atoms with van der Waals surface area (Å²) in [6.45, 7) is 7.32. The van der Waals surface area contributed by atoms with Crippen molar-refractivity contribution in [3.05, 3.63) is 56.6 Å². The fourth-order valence-electron chi connectivity index (χ4n) is 4.90. The van der Waals surface area contributed by atoms with E-state index in [1.54, 1.807) is 29.7 Å². The van der Waals surface area contributed by atoms with Gasteiger partial charge in [-0.25, -0.2) is 9.78 Å². The van der Waals surface area contributed by atoms with Gasteiger partial charge in [0.05, 0.1) is 22.2 Å². The molecule has 0 bridgehead atoms. The van der Waals surface area contributed by atoms with Gasteiger partial charge in [-0.05, 0) is 64.3 Å². The molecule has 1 aromatic carbocycles. The molecule has 182 valence electrons. The van der Waals surface area contributed by atoms with E-state index in [0.29, 0.717) is 34.7 Å². The van der Waals surface area contributed by atoms with Crippen LogP contribution in [0.3, 0.4) is 0 Å². The molecular formula is C26H29N5O4. The van der Waals surface area contributed by atoms with Crippen molar-refractivity contribution in [1.82, 2.24) is 14.1 Å². The predicted molar refractivity (Wildman–Crippen MR) is 131 cm³/mol. The standard InChI is InChI=1S/C26H29N5O4/c1-5-30-22-11-10-18(12-21(22)28-16(3)25(30)33)26(34)35-14-23(32)29-24-20(13-27)15(2)17(4)31(24)19-8-6-7-9-19/h10-12,19H,5-9,14H2,1-4H3,(H,29,32). The second kappa shape index (κ2) is 9.74. The number of benzene rings is 1. The maximum atomic E-state index is 12.7. The number of nitrogens with zero attached hydrogens (tertiary/aromatic N) is 4. The van der Waals surface area contributed by atoms with Crippen LogP contribution in [0.4, 0.5) is 5.82 Å². The van der Waals surface area contributed by atoms with Crippen LogP contribution in [0, 0.1) is 32.1 Å². The molecule has 1 N–H and O–H groups in total. The lowest BCUT2D eigenvalue weighted by Gasteiger charge is -2.19. The van der Waals surface area contributed by atoms with Crippen LogP contribution >= 0.6 is 0 Å². The molecule has 1 aliphatic rings. The first kappa shape index (κ1) is 24.2. The molecule has 2 heterocycles. The zero-order chi connectivity index (χ0) is 25.3. The Kier molecular flexibility index (Phi) is 6.74. The molecule has 9 nitrogen and oxygen atoms in total. The predicted octanol–water partition coefficient (Wildman–Crippen LogP) is 3.93. The largest absolute Gasteiger partial charge is 0.452 e. The summed E-state index contributed by atoms with van der Waals surface area (Å²) in [6, 6.07) is 7.21. The highest BCUT2D eigenvalue weighted by Crippen LogP contribution is 2.37. The molecule has 2 aromatic heterocycles. The summed E-state index contributed by atoms with van der Waals surface area (Å²) >= 11 is 0. The van der Waals surface area contributed by atoms with E-state index >= 15 is 0 Å². The van der Waals surface area contributed by atoms with Crippen molar-refractivity contribution in [2.45, 2.75) is 66.0 Å². The smallest absolute Gasteiger partial charge is 0.338 e. The van der Waals surface area contributed by atoms with Crippen molar-refractivity contribution in [3.63, 3.8) is 0 Å². The molecule has 9 heteroatoms. The van der Waals surface area contributed by atoms with Gasteiger partial charge in [0, 0.05) is 18.3 Å². The summed E-state index contributed by atoms with van der Waals surface area (Å²) in [5, 5.41) is 12.5. The quantitative estimate of drug-likeness (QED) is 0.540. The lowest BCUT2D eigenvalue weighted by Crippen LogP contribution is -2.24. The summed E-state index contributed by atoms with van der Waals surface area (Å²) in [7, 11) is 0. The van der Waals surface area contributed by atoms with Crippen LogP contribution in [0.5, 0.6) is 0 Å². The Labute approximate surface area is 203 Å². The maximum Gasteiger partial charge on any atom is 0.338 e. The van der Waals surface area contributed by atoms with Gasteiger partial charge in [-0.1, -0.05) is 12.8 Å². The minimum Gasteiger partial charge on any atom is -0.452 e. The summed E-state index contributed by atoms with van der Waals surface area (Å²) in [5.41, 5.74) is 3.78. The Morgan fingerprint density at radius 1 is 1.23 bits per heavy atom. The van der Waals surface area contributed by atoms with E-state index in [0.717, 1.165) is 36.9 Å². The summed E-state index contributed by atoms with van der Waals surface area (Å²) < 4.78 is 8.90. The molecule has 1 aliphatic carbocycles. The van der Waals surface area contributed by atoms with E-state index in [4.69, 9.17) is 4.74 Å². The fourth-order valence-corrected chi connectivity index (χ4v) is 4.90. The molecule has 1 amide bonds. The number of carbonyl (C=O) groups is 2. The topological polar surface area (TPSA) is 119 Å². The maximum absolute atomic E-state index is 12.7. The molecular weight excluding hydrogens is 446 g/mol. The normalized spacial score (nSPS) is 13.7. The molecule has 35 heavy (non-hydrogen) atoms. The highest BCUT2D eigenvalue weighted by Gasteiger charge is 2.27. The van der Waals surface area contributed by atoms with Gasteiger partial charge >= 0.3 is 5.97 Å². The highest BCUT2D eigenvalue weighted by molar-refractivity contribution is 5.97. The molecule has 0 aliphatic heterocycles. The molecule has 0 spiro atoms. The van der Waals surface area contributed by atoms with Crippen LogP contribution in [-0.4, -0.2) is 32.6 Å². The first-order chi connectivity index (χ1) is 16.8. The van der Waals surface area contributed by atoms with E-state index in [1.165, 1.54) is 0 Å². The number of esters is 1. The first-order valence-electron chi connectivity index (χ1n) is 11.9. The lowest BCUT2D eigenvalue weighted by atomic mass is 10.2. The molecule has 0 unspecified atom stereocenters. The fraction of sp³-hybridized carbons (Fsp3) is 0.423. The van der Waals surface area contributed by atoms with Gasteiger partial charge in [-0.15, -0.1) is 0 Å². The highest BCUT2D eigenvalue weighted by atomic mass is 16.5. The minimum absolute atomic E-state index is 0.170. The van der Waals surface area contributed by atoms with Crippen LogP contribution in [0.15, 0.2) is 23.0 Å². The lowest BCUT2D eigenvalue weighted by molar-refractivity contribution is -0.119. The third kappa shape index (κ3) is 4.44. The second-order valence-electron chi connectivity index (χ2n) is 8.93. The number of fused-ring (bicyclic) bond motifs is 1. The number of ether oxygens (including phenoxy) is 1. The third-order valence-corrected chi connectivity index (χ3v) is 6.81. The summed E-state index contributed by atoms with van der Waals surface area (Å²) in [5.74, 6) is -0.714. The Bertz CT molecular complexity index is 1420. The van der Waals surface area contributed by atoms with Crippen molar-refractivity contribution >= 4 is 28.7 Å².